The molecule has 0 bridgehead atoms. The number of nitrogens with one attached hydrogen (secondary N) is 3. The summed E-state index contributed by atoms with van der Waals surface area (Å²) >= 11 is 1.35. The summed E-state index contributed by atoms with van der Waals surface area (Å²) in [5, 5.41) is 7.99. The molecule has 0 heterocycles. The Morgan fingerprint density at radius 1 is 0.633 bits per heavy atom. The van der Waals surface area contributed by atoms with Crippen molar-refractivity contribution in [2.24, 2.45) is 5.73 Å². The fourth-order valence-corrected chi connectivity index (χ4v) is 5.89. The van der Waals surface area contributed by atoms with E-state index in [0.29, 0.717) is 28.4 Å². The molecule has 0 saturated carbocycles. The molecule has 0 aliphatic rings. The highest BCUT2D eigenvalue weighted by Gasteiger charge is 2.23. The Morgan fingerprint density at radius 2 is 1.20 bits per heavy atom. The molecule has 9 heteroatoms. The van der Waals surface area contributed by atoms with E-state index in [1.165, 1.54) is 17.3 Å². The van der Waals surface area contributed by atoms with Gasteiger partial charge in [0.2, 0.25) is 11.8 Å². The molecular weight excluding hydrogens is 633 g/mol. The van der Waals surface area contributed by atoms with Gasteiger partial charge in [0.25, 0.3) is 11.8 Å². The van der Waals surface area contributed by atoms with Crippen molar-refractivity contribution in [3.05, 3.63) is 167 Å². The quantitative estimate of drug-likeness (QED) is 0.0797. The molecule has 0 fully saturated rings. The summed E-state index contributed by atoms with van der Waals surface area (Å²) in [5.74, 6) is -1.32. The van der Waals surface area contributed by atoms with Gasteiger partial charge in [-0.15, -0.1) is 11.8 Å². The number of rotatable bonds is 12. The maximum atomic E-state index is 13.6. The number of thioether (sulfide) groups is 1. The molecule has 0 aliphatic heterocycles. The predicted molar refractivity (Wildman–Crippen MR) is 196 cm³/mol. The lowest BCUT2D eigenvalue weighted by Gasteiger charge is -2.18. The van der Waals surface area contributed by atoms with Gasteiger partial charge < -0.3 is 21.7 Å². The zero-order valence-corrected chi connectivity index (χ0v) is 27.9. The molecule has 0 saturated heterocycles. The summed E-state index contributed by atoms with van der Waals surface area (Å²) in [7, 11) is 0. The van der Waals surface area contributed by atoms with Crippen LogP contribution in [0, 0.1) is 0 Å². The van der Waals surface area contributed by atoms with E-state index in [-0.39, 0.29) is 11.6 Å². The number of benzene rings is 5. The van der Waals surface area contributed by atoms with Gasteiger partial charge in [-0.2, -0.15) is 0 Å². The van der Waals surface area contributed by atoms with Crippen LogP contribution in [0.4, 0.5) is 11.4 Å². The zero-order valence-electron chi connectivity index (χ0n) is 27.1. The summed E-state index contributed by atoms with van der Waals surface area (Å²) in [5.41, 5.74) is 10.00. The Labute approximate surface area is 289 Å². The maximum Gasteiger partial charge on any atom is 0.272 e. The predicted octanol–water partition coefficient (Wildman–Crippen LogP) is 7.79. The maximum absolute atomic E-state index is 13.6. The van der Waals surface area contributed by atoms with Gasteiger partial charge >= 0.3 is 0 Å². The van der Waals surface area contributed by atoms with Crippen molar-refractivity contribution in [1.29, 1.82) is 0 Å². The van der Waals surface area contributed by atoms with Crippen LogP contribution in [0.15, 0.2) is 144 Å². The fourth-order valence-electron chi connectivity index (χ4n) is 4.86. The van der Waals surface area contributed by atoms with Crippen LogP contribution in [0.5, 0.6) is 0 Å². The van der Waals surface area contributed by atoms with Crippen LogP contribution >= 0.6 is 11.8 Å². The summed E-state index contributed by atoms with van der Waals surface area (Å²) in [6.45, 7) is 4.22. The van der Waals surface area contributed by atoms with Crippen LogP contribution in [0.2, 0.25) is 0 Å². The van der Waals surface area contributed by atoms with E-state index in [1.54, 1.807) is 66.7 Å². The molecule has 5 aromatic rings. The Bertz CT molecular complexity index is 1940. The van der Waals surface area contributed by atoms with Crippen LogP contribution in [0.3, 0.4) is 0 Å². The summed E-state index contributed by atoms with van der Waals surface area (Å²) in [4.78, 5) is 52.3. The Hall–Kier alpha value is -5.93. The van der Waals surface area contributed by atoms with Gasteiger partial charge in [-0.3, -0.25) is 19.2 Å². The molecule has 1 unspecified atom stereocenters. The summed E-state index contributed by atoms with van der Waals surface area (Å²) < 4.78 is 0. The average molecular weight is 669 g/mol. The summed E-state index contributed by atoms with van der Waals surface area (Å²) in [6, 6.07) is 39.5. The Kier molecular flexibility index (Phi) is 11.4. The highest BCUT2D eigenvalue weighted by molar-refractivity contribution is 8.00. The first-order valence-electron chi connectivity index (χ1n) is 15.7. The van der Waals surface area contributed by atoms with Gasteiger partial charge in [0, 0.05) is 27.4 Å². The van der Waals surface area contributed by atoms with Crippen molar-refractivity contribution in [3.8, 4) is 0 Å². The number of hydrogen-bond donors (Lipinski definition) is 4. The van der Waals surface area contributed by atoms with Crippen LogP contribution < -0.4 is 21.7 Å². The molecule has 0 radical (unpaired) electrons. The third-order valence-corrected chi connectivity index (χ3v) is 8.85. The minimum atomic E-state index is -0.595. The molecule has 0 aliphatic carbocycles. The minimum Gasteiger partial charge on any atom is -0.366 e. The lowest BCUT2D eigenvalue weighted by Crippen LogP contribution is -2.30. The highest BCUT2D eigenvalue weighted by Crippen LogP contribution is 2.37. The molecule has 1 atom stereocenters. The number of anilines is 2. The SMILES string of the molecule is CC(C)c1ccc(/C=C(\NC(=O)c2ccccc2)C(=O)Nc2ccc(SC(C(=O)Nc3ccc(C(N)=O)cc3)c3ccccc3)cc2)cc1. The zero-order chi connectivity index (χ0) is 34.8. The third-order valence-electron chi connectivity index (χ3n) is 7.59. The molecule has 0 aromatic heterocycles. The van der Waals surface area contributed by atoms with E-state index in [1.807, 2.05) is 72.8 Å². The van der Waals surface area contributed by atoms with E-state index >= 15 is 0 Å². The normalized spacial score (nSPS) is 11.8. The number of amides is 4. The van der Waals surface area contributed by atoms with Crippen LogP contribution in [0.1, 0.15) is 62.4 Å². The van der Waals surface area contributed by atoms with Gasteiger partial charge in [-0.05, 0) is 89.3 Å². The van der Waals surface area contributed by atoms with E-state index in [2.05, 4.69) is 29.8 Å². The first-order valence-corrected chi connectivity index (χ1v) is 16.6. The molecule has 5 aromatic carbocycles. The Morgan fingerprint density at radius 3 is 1.80 bits per heavy atom. The van der Waals surface area contributed by atoms with Gasteiger partial charge in [0.1, 0.15) is 10.9 Å². The van der Waals surface area contributed by atoms with Crippen molar-refractivity contribution >= 4 is 52.8 Å². The molecule has 0 spiro atoms. The van der Waals surface area contributed by atoms with E-state index in [0.717, 1.165) is 16.0 Å². The lowest BCUT2D eigenvalue weighted by atomic mass is 10.0. The minimum absolute atomic E-state index is 0.0919. The number of carbonyl (C=O) groups excluding carboxylic acids is 4. The van der Waals surface area contributed by atoms with Gasteiger partial charge in [0.05, 0.1) is 0 Å². The second-order valence-electron chi connectivity index (χ2n) is 11.5. The van der Waals surface area contributed by atoms with E-state index in [4.69, 9.17) is 5.73 Å². The first-order chi connectivity index (χ1) is 23.7. The molecular formula is C40H36N4O4S. The molecule has 5 rings (SSSR count). The highest BCUT2D eigenvalue weighted by atomic mass is 32.2. The van der Waals surface area contributed by atoms with Crippen LogP contribution in [-0.4, -0.2) is 23.6 Å². The molecule has 49 heavy (non-hydrogen) atoms. The average Bonchev–Trinajstić information content (AvgIpc) is 3.12. The second-order valence-corrected chi connectivity index (χ2v) is 12.7. The summed E-state index contributed by atoms with van der Waals surface area (Å²) in [6.07, 6.45) is 1.65. The lowest BCUT2D eigenvalue weighted by molar-refractivity contribution is -0.116. The van der Waals surface area contributed by atoms with Crippen molar-refractivity contribution in [2.45, 2.75) is 29.9 Å². The number of primary amides is 1. The first kappa shape index (κ1) is 34.4. The number of nitrogens with two attached hydrogens (primary N) is 1. The van der Waals surface area contributed by atoms with Crippen molar-refractivity contribution in [3.63, 3.8) is 0 Å². The topological polar surface area (TPSA) is 130 Å². The standard InChI is InChI=1S/C40H36N4O4S/c1-26(2)28-15-13-27(14-16-28)25-35(44-38(46)31-11-7-4-8-12-31)39(47)42-33-21-23-34(24-22-33)49-36(29-9-5-3-6-10-29)40(48)43-32-19-17-30(18-20-32)37(41)45/h3-26,36H,1-2H3,(H2,41,45)(H,42,47)(H,43,48)(H,44,46)/b35-25-. The smallest absolute Gasteiger partial charge is 0.272 e. The van der Waals surface area contributed by atoms with Gasteiger partial charge in [-0.25, -0.2) is 0 Å². The van der Waals surface area contributed by atoms with Gasteiger partial charge in [0.15, 0.2) is 0 Å². The van der Waals surface area contributed by atoms with Crippen LogP contribution in [-0.2, 0) is 9.59 Å². The van der Waals surface area contributed by atoms with Crippen LogP contribution in [0.25, 0.3) is 6.08 Å². The fraction of sp³-hybridized carbons (Fsp3) is 0.100. The molecule has 5 N–H and O–H groups in total. The molecule has 4 amide bonds. The van der Waals surface area contributed by atoms with E-state index in [9.17, 15) is 19.2 Å². The molecule has 246 valence electrons. The number of carbonyl (C=O) groups is 4. The van der Waals surface area contributed by atoms with Crippen molar-refractivity contribution < 1.29 is 19.2 Å². The van der Waals surface area contributed by atoms with Gasteiger partial charge in [-0.1, -0.05) is 86.6 Å². The van der Waals surface area contributed by atoms with Crippen molar-refractivity contribution in [2.75, 3.05) is 10.6 Å². The Balaban J connectivity index is 1.32. The number of hydrogen-bond acceptors (Lipinski definition) is 5. The largest absolute Gasteiger partial charge is 0.366 e. The molecule has 8 nitrogen and oxygen atoms in total. The van der Waals surface area contributed by atoms with E-state index < -0.39 is 23.0 Å². The second kappa shape index (κ2) is 16.3. The third kappa shape index (κ3) is 9.56. The monoisotopic (exact) mass is 668 g/mol. The van der Waals surface area contributed by atoms with Crippen molar-refractivity contribution in [1.82, 2.24) is 5.32 Å².